The van der Waals surface area contributed by atoms with Gasteiger partial charge in [-0.2, -0.15) is 0 Å². The van der Waals surface area contributed by atoms with Crippen LogP contribution in [0.15, 0.2) is 48.5 Å². The molecule has 0 aliphatic heterocycles. The predicted molar refractivity (Wildman–Crippen MR) is 88.4 cm³/mol. The lowest BCUT2D eigenvalue weighted by molar-refractivity contribution is -0.384. The number of nitrogens with two attached hydrogens (primary N) is 1. The van der Waals surface area contributed by atoms with E-state index < -0.39 is 16.8 Å². The molecule has 3 rings (SSSR count). The first-order chi connectivity index (χ1) is 11.5. The molecule has 24 heavy (non-hydrogen) atoms. The normalized spacial score (nSPS) is 10.5. The first-order valence-electron chi connectivity index (χ1n) is 6.74. The van der Waals surface area contributed by atoms with Gasteiger partial charge in [0.2, 0.25) is 0 Å². The maximum absolute atomic E-state index is 12.3. The Kier molecular flexibility index (Phi) is 3.97. The van der Waals surface area contributed by atoms with Crippen LogP contribution >= 0.6 is 11.3 Å². The summed E-state index contributed by atoms with van der Waals surface area (Å²) >= 11 is 1.15. The zero-order valence-corrected chi connectivity index (χ0v) is 12.9. The second-order valence-corrected chi connectivity index (χ2v) is 5.92. The van der Waals surface area contributed by atoms with Crippen LogP contribution in [0.25, 0.3) is 10.1 Å². The van der Waals surface area contributed by atoms with Gasteiger partial charge in [0.05, 0.1) is 10.5 Å². The van der Waals surface area contributed by atoms with Gasteiger partial charge in [-0.3, -0.25) is 14.9 Å². The molecule has 2 aromatic carbocycles. The zero-order chi connectivity index (χ0) is 17.3. The number of nitrogens with zero attached hydrogens (tertiary/aromatic N) is 1. The third-order valence-electron chi connectivity index (χ3n) is 3.27. The fourth-order valence-electron chi connectivity index (χ4n) is 2.15. The number of nitro benzene ring substituents is 1. The molecule has 0 aliphatic carbocycles. The molecule has 0 spiro atoms. The van der Waals surface area contributed by atoms with E-state index in [-0.39, 0.29) is 21.9 Å². The maximum Gasteiger partial charge on any atom is 0.353 e. The Hall–Kier alpha value is -3.26. The van der Waals surface area contributed by atoms with Crippen LogP contribution in [0, 0.1) is 10.1 Å². The van der Waals surface area contributed by atoms with Crippen molar-refractivity contribution < 1.29 is 19.2 Å². The van der Waals surface area contributed by atoms with Gasteiger partial charge in [0.25, 0.3) is 11.6 Å². The Morgan fingerprint density at radius 1 is 1.12 bits per heavy atom. The molecule has 0 atom stereocenters. The van der Waals surface area contributed by atoms with Crippen molar-refractivity contribution in [1.29, 1.82) is 0 Å². The van der Waals surface area contributed by atoms with Gasteiger partial charge in [-0.05, 0) is 24.3 Å². The Balaban J connectivity index is 1.92. The van der Waals surface area contributed by atoms with E-state index in [2.05, 4.69) is 0 Å². The third kappa shape index (κ3) is 2.95. The van der Waals surface area contributed by atoms with E-state index in [9.17, 15) is 19.7 Å². The number of fused-ring (bicyclic) bond motifs is 1. The number of rotatable bonds is 4. The second-order valence-electron chi connectivity index (χ2n) is 4.84. The molecule has 2 N–H and O–H groups in total. The summed E-state index contributed by atoms with van der Waals surface area (Å²) in [6.45, 7) is 0. The highest BCUT2D eigenvalue weighted by molar-refractivity contribution is 7.20. The number of hydrogen-bond acceptors (Lipinski definition) is 6. The average molecular weight is 342 g/mol. The van der Waals surface area contributed by atoms with Gasteiger partial charge in [-0.1, -0.05) is 12.1 Å². The van der Waals surface area contributed by atoms with E-state index in [1.807, 2.05) is 0 Å². The molecule has 3 aromatic rings. The topological polar surface area (TPSA) is 113 Å². The van der Waals surface area contributed by atoms with Gasteiger partial charge in [0.1, 0.15) is 10.6 Å². The molecule has 1 heterocycles. The van der Waals surface area contributed by atoms with Gasteiger partial charge in [0, 0.05) is 22.2 Å². The molecule has 0 bridgehead atoms. The number of thiophene rings is 1. The van der Waals surface area contributed by atoms with E-state index >= 15 is 0 Å². The lowest BCUT2D eigenvalue weighted by Gasteiger charge is -2.06. The number of carbonyl (C=O) groups excluding carboxylic acids is 2. The molecule has 0 fully saturated rings. The number of benzene rings is 2. The van der Waals surface area contributed by atoms with Crippen molar-refractivity contribution in [3.8, 4) is 5.75 Å². The van der Waals surface area contributed by atoms with Crippen LogP contribution in [0.3, 0.4) is 0 Å². The van der Waals surface area contributed by atoms with Crippen molar-refractivity contribution in [3.63, 3.8) is 0 Å². The van der Waals surface area contributed by atoms with E-state index in [1.54, 1.807) is 18.2 Å². The molecule has 8 heteroatoms. The first kappa shape index (κ1) is 15.6. The van der Waals surface area contributed by atoms with Crippen molar-refractivity contribution in [1.82, 2.24) is 0 Å². The number of esters is 1. The van der Waals surface area contributed by atoms with Crippen LogP contribution in [0.4, 0.5) is 5.69 Å². The predicted octanol–water partition coefficient (Wildman–Crippen LogP) is 3.13. The molecule has 0 unspecified atom stereocenters. The largest absolute Gasteiger partial charge is 0.421 e. The fraction of sp³-hybridized carbons (Fsp3) is 0. The standard InChI is InChI=1S/C16H10N2O5S/c17-15(19)11-3-1-2-4-12(11)23-16(20)14-8-9-7-10(18(21)22)5-6-13(9)24-14/h1-8H,(H2,17,19). The van der Waals surface area contributed by atoms with Crippen LogP contribution in [-0.2, 0) is 0 Å². The highest BCUT2D eigenvalue weighted by Gasteiger charge is 2.17. The summed E-state index contributed by atoms with van der Waals surface area (Å²) < 4.78 is 5.96. The number of non-ortho nitro benzene ring substituents is 1. The van der Waals surface area contributed by atoms with Crippen molar-refractivity contribution in [2.45, 2.75) is 0 Å². The minimum Gasteiger partial charge on any atom is -0.421 e. The van der Waals surface area contributed by atoms with Gasteiger partial charge < -0.3 is 10.5 Å². The smallest absolute Gasteiger partial charge is 0.353 e. The quantitative estimate of drug-likeness (QED) is 0.339. The van der Waals surface area contributed by atoms with Crippen molar-refractivity contribution in [2.75, 3.05) is 0 Å². The summed E-state index contributed by atoms with van der Waals surface area (Å²) in [5.41, 5.74) is 5.29. The number of para-hydroxylation sites is 1. The summed E-state index contributed by atoms with van der Waals surface area (Å²) in [5.74, 6) is -1.30. The first-order valence-corrected chi connectivity index (χ1v) is 7.56. The number of hydrogen-bond donors (Lipinski definition) is 1. The average Bonchev–Trinajstić information content (AvgIpc) is 2.98. The van der Waals surface area contributed by atoms with Gasteiger partial charge >= 0.3 is 5.97 Å². The van der Waals surface area contributed by atoms with Gasteiger partial charge in [-0.15, -0.1) is 11.3 Å². The summed E-state index contributed by atoms with van der Waals surface area (Å²) in [4.78, 5) is 34.2. The van der Waals surface area contributed by atoms with E-state index in [0.29, 0.717) is 5.39 Å². The van der Waals surface area contributed by atoms with Crippen LogP contribution in [0.2, 0.25) is 0 Å². The van der Waals surface area contributed by atoms with Gasteiger partial charge in [-0.25, -0.2) is 4.79 Å². The van der Waals surface area contributed by atoms with Crippen LogP contribution in [-0.4, -0.2) is 16.8 Å². The van der Waals surface area contributed by atoms with Crippen LogP contribution in [0.1, 0.15) is 20.0 Å². The molecule has 120 valence electrons. The number of nitro groups is 1. The molecule has 1 amide bonds. The summed E-state index contributed by atoms with van der Waals surface area (Å²) in [6.07, 6.45) is 0. The molecular weight excluding hydrogens is 332 g/mol. The lowest BCUT2D eigenvalue weighted by Crippen LogP contribution is -2.15. The number of carbonyl (C=O) groups is 2. The Morgan fingerprint density at radius 3 is 2.58 bits per heavy atom. The van der Waals surface area contributed by atoms with Crippen LogP contribution < -0.4 is 10.5 Å². The molecule has 0 saturated carbocycles. The lowest BCUT2D eigenvalue weighted by atomic mass is 10.2. The SMILES string of the molecule is NC(=O)c1ccccc1OC(=O)c1cc2cc([N+](=O)[O-])ccc2s1. The van der Waals surface area contributed by atoms with Crippen molar-refractivity contribution in [2.24, 2.45) is 5.73 Å². The number of amides is 1. The molecule has 7 nitrogen and oxygen atoms in total. The summed E-state index contributed by atoms with van der Waals surface area (Å²) in [7, 11) is 0. The van der Waals surface area contributed by atoms with E-state index in [1.165, 1.54) is 30.3 Å². The Morgan fingerprint density at radius 2 is 1.88 bits per heavy atom. The Labute approximate surface area is 139 Å². The van der Waals surface area contributed by atoms with E-state index in [4.69, 9.17) is 10.5 Å². The molecule has 0 saturated heterocycles. The monoisotopic (exact) mass is 342 g/mol. The summed E-state index contributed by atoms with van der Waals surface area (Å²) in [6, 6.07) is 12.0. The molecule has 0 radical (unpaired) electrons. The Bertz CT molecular complexity index is 980. The summed E-state index contributed by atoms with van der Waals surface area (Å²) in [5, 5.41) is 11.4. The number of primary amides is 1. The van der Waals surface area contributed by atoms with Crippen molar-refractivity contribution in [3.05, 3.63) is 69.1 Å². The second kappa shape index (κ2) is 6.09. The third-order valence-corrected chi connectivity index (χ3v) is 4.36. The van der Waals surface area contributed by atoms with Crippen molar-refractivity contribution >= 4 is 39.0 Å². The minimum atomic E-state index is -0.703. The minimum absolute atomic E-state index is 0.0562. The number of ether oxygens (including phenoxy) is 1. The van der Waals surface area contributed by atoms with Crippen LogP contribution in [0.5, 0.6) is 5.75 Å². The fourth-order valence-corrected chi connectivity index (χ4v) is 3.07. The highest BCUT2D eigenvalue weighted by atomic mass is 32.1. The highest BCUT2D eigenvalue weighted by Crippen LogP contribution is 2.30. The zero-order valence-electron chi connectivity index (χ0n) is 12.1. The maximum atomic E-state index is 12.3. The molecular formula is C16H10N2O5S. The molecule has 1 aromatic heterocycles. The van der Waals surface area contributed by atoms with E-state index in [0.717, 1.165) is 16.0 Å². The van der Waals surface area contributed by atoms with Gasteiger partial charge in [0.15, 0.2) is 0 Å². The molecule has 0 aliphatic rings.